The number of rotatable bonds is 7. The van der Waals surface area contributed by atoms with Gasteiger partial charge in [0.2, 0.25) is 0 Å². The summed E-state index contributed by atoms with van der Waals surface area (Å²) in [6.45, 7) is 4.36. The first-order valence-electron chi connectivity index (χ1n) is 6.92. The van der Waals surface area contributed by atoms with E-state index < -0.39 is 0 Å². The molecule has 0 amide bonds. The van der Waals surface area contributed by atoms with Gasteiger partial charge in [0.15, 0.2) is 0 Å². The van der Waals surface area contributed by atoms with E-state index in [0.717, 1.165) is 41.1 Å². The summed E-state index contributed by atoms with van der Waals surface area (Å²) in [5.41, 5.74) is 1.94. The topological polar surface area (TPSA) is 34.1 Å². The highest BCUT2D eigenvalue weighted by molar-refractivity contribution is 9.10. The molecule has 0 saturated carbocycles. The molecule has 0 aliphatic carbocycles. The van der Waals surface area contributed by atoms with Crippen molar-refractivity contribution in [1.82, 2.24) is 10.3 Å². The van der Waals surface area contributed by atoms with E-state index in [0.29, 0.717) is 11.6 Å². The Morgan fingerprint density at radius 1 is 1.24 bits per heavy atom. The summed E-state index contributed by atoms with van der Waals surface area (Å²) in [6.07, 6.45) is 1.12. The van der Waals surface area contributed by atoms with E-state index in [4.69, 9.17) is 16.3 Å². The van der Waals surface area contributed by atoms with Crippen molar-refractivity contribution < 1.29 is 4.74 Å². The molecule has 0 bridgehead atoms. The second-order valence-corrected chi connectivity index (χ2v) is 5.95. The van der Waals surface area contributed by atoms with Crippen LogP contribution in [-0.2, 0) is 13.2 Å². The van der Waals surface area contributed by atoms with Crippen LogP contribution in [-0.4, -0.2) is 11.5 Å². The fourth-order valence-electron chi connectivity index (χ4n) is 1.85. The van der Waals surface area contributed by atoms with Gasteiger partial charge in [-0.05, 0) is 59.2 Å². The number of hydrogen-bond acceptors (Lipinski definition) is 3. The summed E-state index contributed by atoms with van der Waals surface area (Å²) < 4.78 is 6.61. The van der Waals surface area contributed by atoms with Crippen LogP contribution in [0.1, 0.15) is 24.7 Å². The average Bonchev–Trinajstić information content (AvgIpc) is 2.47. The molecule has 0 fully saturated rings. The van der Waals surface area contributed by atoms with Crippen molar-refractivity contribution in [2.75, 3.05) is 6.54 Å². The van der Waals surface area contributed by atoms with Crippen LogP contribution in [0.3, 0.4) is 0 Å². The standard InChI is InChI=1S/C16H18BrClN2O/c1-2-8-19-10-13-4-3-5-14(20-13)11-21-16-7-6-12(18)9-15(16)17/h3-7,9,19H,2,8,10-11H2,1H3. The van der Waals surface area contributed by atoms with E-state index >= 15 is 0 Å². The number of nitrogens with zero attached hydrogens (tertiary/aromatic N) is 1. The lowest BCUT2D eigenvalue weighted by atomic mass is 10.3. The van der Waals surface area contributed by atoms with Gasteiger partial charge in [-0.1, -0.05) is 24.6 Å². The van der Waals surface area contributed by atoms with E-state index in [9.17, 15) is 0 Å². The van der Waals surface area contributed by atoms with Crippen LogP contribution >= 0.6 is 27.5 Å². The van der Waals surface area contributed by atoms with Gasteiger partial charge in [-0.3, -0.25) is 4.98 Å². The fraction of sp³-hybridized carbons (Fsp3) is 0.312. The quantitative estimate of drug-likeness (QED) is 0.726. The number of nitrogens with one attached hydrogen (secondary N) is 1. The lowest BCUT2D eigenvalue weighted by Gasteiger charge is -2.09. The van der Waals surface area contributed by atoms with Crippen LogP contribution in [0.15, 0.2) is 40.9 Å². The maximum atomic E-state index is 5.91. The summed E-state index contributed by atoms with van der Waals surface area (Å²) in [4.78, 5) is 4.58. The first-order valence-corrected chi connectivity index (χ1v) is 8.09. The molecule has 0 aliphatic heterocycles. The zero-order valence-corrected chi connectivity index (χ0v) is 14.2. The van der Waals surface area contributed by atoms with E-state index in [2.05, 4.69) is 33.2 Å². The third-order valence-electron chi connectivity index (χ3n) is 2.87. The van der Waals surface area contributed by atoms with Crippen molar-refractivity contribution in [1.29, 1.82) is 0 Å². The van der Waals surface area contributed by atoms with E-state index in [1.165, 1.54) is 0 Å². The Bertz CT molecular complexity index is 592. The number of pyridine rings is 1. The van der Waals surface area contributed by atoms with Crippen LogP contribution in [0, 0.1) is 0 Å². The number of hydrogen-bond donors (Lipinski definition) is 1. The second kappa shape index (κ2) is 8.37. The second-order valence-electron chi connectivity index (χ2n) is 4.66. The van der Waals surface area contributed by atoms with E-state index in [-0.39, 0.29) is 0 Å². The molecule has 3 nitrogen and oxygen atoms in total. The third kappa shape index (κ3) is 5.30. The minimum absolute atomic E-state index is 0.432. The summed E-state index contributed by atoms with van der Waals surface area (Å²) >= 11 is 9.35. The maximum absolute atomic E-state index is 5.91. The normalized spacial score (nSPS) is 10.6. The molecule has 2 aromatic rings. The highest BCUT2D eigenvalue weighted by Gasteiger charge is 2.04. The van der Waals surface area contributed by atoms with Gasteiger partial charge in [0.25, 0.3) is 0 Å². The van der Waals surface area contributed by atoms with E-state index in [1.807, 2.05) is 30.3 Å². The Morgan fingerprint density at radius 3 is 2.81 bits per heavy atom. The molecular weight excluding hydrogens is 352 g/mol. The molecule has 112 valence electrons. The van der Waals surface area contributed by atoms with Crippen LogP contribution < -0.4 is 10.1 Å². The lowest BCUT2D eigenvalue weighted by molar-refractivity contribution is 0.299. The van der Waals surface area contributed by atoms with Crippen LogP contribution in [0.4, 0.5) is 0 Å². The number of ether oxygens (including phenoxy) is 1. The summed E-state index contributed by atoms with van der Waals surface area (Å²) in [5, 5.41) is 4.02. The van der Waals surface area contributed by atoms with Gasteiger partial charge < -0.3 is 10.1 Å². The van der Waals surface area contributed by atoms with Crippen LogP contribution in [0.2, 0.25) is 5.02 Å². The lowest BCUT2D eigenvalue weighted by Crippen LogP contribution is -2.15. The largest absolute Gasteiger partial charge is 0.486 e. The Hall–Kier alpha value is -1.10. The van der Waals surface area contributed by atoms with Gasteiger partial charge in [-0.15, -0.1) is 0 Å². The summed E-state index contributed by atoms with van der Waals surface area (Å²) in [7, 11) is 0. The van der Waals surface area contributed by atoms with Crippen molar-refractivity contribution in [3.8, 4) is 5.75 Å². The molecule has 1 aromatic heterocycles. The van der Waals surface area contributed by atoms with Crippen molar-refractivity contribution in [3.63, 3.8) is 0 Å². The van der Waals surface area contributed by atoms with Crippen LogP contribution in [0.5, 0.6) is 5.75 Å². The average molecular weight is 370 g/mol. The zero-order valence-electron chi connectivity index (χ0n) is 11.9. The monoisotopic (exact) mass is 368 g/mol. The predicted molar refractivity (Wildman–Crippen MR) is 89.7 cm³/mol. The Balaban J connectivity index is 1.95. The Morgan fingerprint density at radius 2 is 2.05 bits per heavy atom. The van der Waals surface area contributed by atoms with Crippen molar-refractivity contribution in [2.24, 2.45) is 0 Å². The molecule has 0 saturated heterocycles. The maximum Gasteiger partial charge on any atom is 0.134 e. The van der Waals surface area contributed by atoms with Gasteiger partial charge in [-0.2, -0.15) is 0 Å². The first kappa shape index (κ1) is 16.3. The molecule has 5 heteroatoms. The van der Waals surface area contributed by atoms with Gasteiger partial charge in [-0.25, -0.2) is 0 Å². The molecule has 0 unspecified atom stereocenters. The highest BCUT2D eigenvalue weighted by atomic mass is 79.9. The summed E-state index contributed by atoms with van der Waals surface area (Å²) in [6, 6.07) is 11.5. The Kier molecular flexibility index (Phi) is 6.49. The molecule has 0 radical (unpaired) electrons. The third-order valence-corrected chi connectivity index (χ3v) is 3.72. The first-order chi connectivity index (χ1) is 10.2. The SMILES string of the molecule is CCCNCc1cccc(COc2ccc(Cl)cc2Br)n1. The highest BCUT2D eigenvalue weighted by Crippen LogP contribution is 2.28. The van der Waals surface area contributed by atoms with Crippen molar-refractivity contribution in [3.05, 3.63) is 57.3 Å². The van der Waals surface area contributed by atoms with Gasteiger partial charge in [0.1, 0.15) is 12.4 Å². The summed E-state index contributed by atoms with van der Waals surface area (Å²) in [5.74, 6) is 0.760. The van der Waals surface area contributed by atoms with Gasteiger partial charge in [0, 0.05) is 11.6 Å². The van der Waals surface area contributed by atoms with Crippen molar-refractivity contribution >= 4 is 27.5 Å². The smallest absolute Gasteiger partial charge is 0.134 e. The molecule has 0 aliphatic rings. The molecule has 0 atom stereocenters. The molecular formula is C16H18BrClN2O. The zero-order chi connectivity index (χ0) is 15.1. The van der Waals surface area contributed by atoms with Crippen LogP contribution in [0.25, 0.3) is 0 Å². The molecule has 21 heavy (non-hydrogen) atoms. The number of halogens is 2. The molecule has 1 N–H and O–H groups in total. The Labute approximate surface area is 138 Å². The van der Waals surface area contributed by atoms with Gasteiger partial charge in [0.05, 0.1) is 15.9 Å². The van der Waals surface area contributed by atoms with Gasteiger partial charge >= 0.3 is 0 Å². The molecule has 2 rings (SSSR count). The molecule has 1 heterocycles. The minimum atomic E-state index is 0.432. The van der Waals surface area contributed by atoms with E-state index in [1.54, 1.807) is 6.07 Å². The predicted octanol–water partition coefficient (Wildman–Crippen LogP) is 4.58. The van der Waals surface area contributed by atoms with Crippen molar-refractivity contribution in [2.45, 2.75) is 26.5 Å². The number of benzene rings is 1. The number of aromatic nitrogens is 1. The molecule has 1 aromatic carbocycles. The fourth-order valence-corrected chi connectivity index (χ4v) is 2.64. The molecule has 0 spiro atoms. The minimum Gasteiger partial charge on any atom is -0.486 e.